The molecule has 0 fully saturated rings. The Labute approximate surface area is 227 Å². The maximum absolute atomic E-state index is 14.4. The first-order chi connectivity index (χ1) is 18.6. The van der Waals surface area contributed by atoms with Crippen LogP contribution in [0.25, 0.3) is 32.4 Å². The van der Waals surface area contributed by atoms with Crippen LogP contribution in [-0.2, 0) is 0 Å². The lowest BCUT2D eigenvalue weighted by atomic mass is 10.0. The average molecular weight is 525 g/mol. The maximum atomic E-state index is 14.4. The molecule has 38 heavy (non-hydrogen) atoms. The second-order valence-electron chi connectivity index (χ2n) is 8.98. The Balaban J connectivity index is 1.61. The van der Waals surface area contributed by atoms with Gasteiger partial charge in [-0.15, -0.1) is 0 Å². The summed E-state index contributed by atoms with van der Waals surface area (Å²) >= 11 is 1.52. The van der Waals surface area contributed by atoms with Gasteiger partial charge >= 0.3 is 0 Å². The van der Waals surface area contributed by atoms with Gasteiger partial charge in [-0.1, -0.05) is 73.7 Å². The minimum atomic E-state index is -0.0722. The van der Waals surface area contributed by atoms with Crippen LogP contribution < -0.4 is 9.64 Å². The monoisotopic (exact) mass is 524 g/mol. The molecule has 0 unspecified atom stereocenters. The van der Waals surface area contributed by atoms with Gasteiger partial charge in [0, 0.05) is 24.0 Å². The molecule has 0 bridgehead atoms. The summed E-state index contributed by atoms with van der Waals surface area (Å²) in [4.78, 5) is 28.3. The third kappa shape index (κ3) is 5.39. The van der Waals surface area contributed by atoms with Gasteiger partial charge < -0.3 is 9.64 Å². The Bertz CT molecular complexity index is 1550. The predicted octanol–water partition coefficient (Wildman–Crippen LogP) is 6.90. The molecule has 0 aliphatic carbocycles. The van der Waals surface area contributed by atoms with Crippen molar-refractivity contribution < 1.29 is 9.53 Å². The van der Waals surface area contributed by atoms with Crippen molar-refractivity contribution in [3.63, 3.8) is 0 Å². The minimum absolute atomic E-state index is 0.0722. The maximum Gasteiger partial charge on any atom is 0.260 e. The van der Waals surface area contributed by atoms with Crippen LogP contribution in [0.3, 0.4) is 0 Å². The van der Waals surface area contributed by atoms with Crippen LogP contribution in [-0.4, -0.2) is 53.6 Å². The van der Waals surface area contributed by atoms with Gasteiger partial charge in [0.15, 0.2) is 5.13 Å². The summed E-state index contributed by atoms with van der Waals surface area (Å²) in [5.41, 5.74) is 4.04. The topological polar surface area (TPSA) is 58.6 Å². The number of hydrogen-bond acceptors (Lipinski definition) is 6. The van der Waals surface area contributed by atoms with Crippen LogP contribution in [0.5, 0.6) is 5.75 Å². The number of carbonyl (C=O) groups is 1. The summed E-state index contributed by atoms with van der Waals surface area (Å²) in [5, 5.41) is 1.53. The molecule has 0 saturated heterocycles. The standard InChI is InChI=1S/C31H32N4O2S/c1-4-34(5-2)18-19-35(31-33-27-17-16-23(37-6-3)20-29(27)38-31)30(36)25-21-28(22-12-8-7-9-13-22)32-26-15-11-10-14-24(25)26/h7-17,20-21H,4-6,18-19H2,1-3H3. The largest absolute Gasteiger partial charge is 0.494 e. The highest BCUT2D eigenvalue weighted by molar-refractivity contribution is 7.22. The number of hydrogen-bond donors (Lipinski definition) is 0. The fraction of sp³-hybridized carbons (Fsp3) is 0.258. The number of para-hydroxylation sites is 1. The Morgan fingerprint density at radius 2 is 1.61 bits per heavy atom. The van der Waals surface area contributed by atoms with Gasteiger partial charge in [-0.2, -0.15) is 0 Å². The van der Waals surface area contributed by atoms with Crippen molar-refractivity contribution in [3.8, 4) is 17.0 Å². The number of fused-ring (bicyclic) bond motifs is 2. The Morgan fingerprint density at radius 3 is 2.37 bits per heavy atom. The summed E-state index contributed by atoms with van der Waals surface area (Å²) < 4.78 is 6.69. The van der Waals surface area contributed by atoms with E-state index in [0.29, 0.717) is 23.8 Å². The van der Waals surface area contributed by atoms with E-state index in [-0.39, 0.29) is 5.91 Å². The normalized spacial score (nSPS) is 11.4. The molecule has 2 aromatic heterocycles. The molecule has 7 heteroatoms. The summed E-state index contributed by atoms with van der Waals surface area (Å²) in [6, 6.07) is 25.7. The molecule has 0 atom stereocenters. The fourth-order valence-electron chi connectivity index (χ4n) is 4.58. The van der Waals surface area contributed by atoms with Gasteiger partial charge in [-0.05, 0) is 50.3 Å². The van der Waals surface area contributed by atoms with Crippen LogP contribution in [0, 0.1) is 0 Å². The van der Waals surface area contributed by atoms with Crippen molar-refractivity contribution >= 4 is 43.5 Å². The number of rotatable bonds is 10. The molecule has 3 aromatic carbocycles. The van der Waals surface area contributed by atoms with Gasteiger partial charge in [0.25, 0.3) is 5.91 Å². The number of ether oxygens (including phenoxy) is 1. The van der Waals surface area contributed by atoms with Gasteiger partial charge in [-0.25, -0.2) is 9.97 Å². The summed E-state index contributed by atoms with van der Waals surface area (Å²) in [5.74, 6) is 0.737. The lowest BCUT2D eigenvalue weighted by Gasteiger charge is -2.25. The van der Waals surface area contributed by atoms with Crippen molar-refractivity contribution in [1.82, 2.24) is 14.9 Å². The zero-order valence-electron chi connectivity index (χ0n) is 22.1. The highest BCUT2D eigenvalue weighted by atomic mass is 32.1. The number of nitrogens with zero attached hydrogens (tertiary/aromatic N) is 4. The molecule has 6 nitrogen and oxygen atoms in total. The SMILES string of the molecule is CCOc1ccc2nc(N(CCN(CC)CC)C(=O)c3cc(-c4ccccc4)nc4ccccc34)sc2c1. The highest BCUT2D eigenvalue weighted by Gasteiger charge is 2.25. The number of carbonyl (C=O) groups excluding carboxylic acids is 1. The number of amides is 1. The molecule has 0 aliphatic heterocycles. The lowest BCUT2D eigenvalue weighted by Crippen LogP contribution is -2.39. The Morgan fingerprint density at radius 1 is 0.842 bits per heavy atom. The van der Waals surface area contributed by atoms with Crippen LogP contribution in [0.1, 0.15) is 31.1 Å². The highest BCUT2D eigenvalue weighted by Crippen LogP contribution is 2.33. The number of benzene rings is 3. The molecule has 0 N–H and O–H groups in total. The van der Waals surface area contributed by atoms with Crippen molar-refractivity contribution in [1.29, 1.82) is 0 Å². The number of pyridine rings is 1. The van der Waals surface area contributed by atoms with E-state index in [0.717, 1.165) is 57.8 Å². The van der Waals surface area contributed by atoms with E-state index < -0.39 is 0 Å². The lowest BCUT2D eigenvalue weighted by molar-refractivity contribution is 0.0985. The number of anilines is 1. The Hall–Kier alpha value is -3.81. The van der Waals surface area contributed by atoms with Crippen LogP contribution in [0.4, 0.5) is 5.13 Å². The molecule has 0 radical (unpaired) electrons. The quantitative estimate of drug-likeness (QED) is 0.199. The first-order valence-electron chi connectivity index (χ1n) is 13.1. The summed E-state index contributed by atoms with van der Waals surface area (Å²) in [7, 11) is 0. The third-order valence-electron chi connectivity index (χ3n) is 6.69. The predicted molar refractivity (Wildman–Crippen MR) is 157 cm³/mol. The van der Waals surface area contributed by atoms with Crippen molar-refractivity contribution in [2.24, 2.45) is 0 Å². The first kappa shape index (κ1) is 25.8. The number of thiazole rings is 1. The van der Waals surface area contributed by atoms with Gasteiger partial charge in [0.05, 0.1) is 33.6 Å². The minimum Gasteiger partial charge on any atom is -0.494 e. The molecule has 0 saturated carbocycles. The van der Waals surface area contributed by atoms with Crippen LogP contribution in [0.2, 0.25) is 0 Å². The van der Waals surface area contributed by atoms with E-state index in [9.17, 15) is 4.79 Å². The van der Waals surface area contributed by atoms with Crippen molar-refractivity contribution in [2.45, 2.75) is 20.8 Å². The fourth-order valence-corrected chi connectivity index (χ4v) is 5.60. The molecule has 194 valence electrons. The second-order valence-corrected chi connectivity index (χ2v) is 9.99. The smallest absolute Gasteiger partial charge is 0.260 e. The molecule has 2 heterocycles. The zero-order chi connectivity index (χ0) is 26.5. The van der Waals surface area contributed by atoms with Gasteiger partial charge in [-0.3, -0.25) is 9.69 Å². The van der Waals surface area contributed by atoms with E-state index >= 15 is 0 Å². The summed E-state index contributed by atoms with van der Waals surface area (Å²) in [6.07, 6.45) is 0. The number of aromatic nitrogens is 2. The van der Waals surface area contributed by atoms with E-state index in [1.165, 1.54) is 11.3 Å². The van der Waals surface area contributed by atoms with E-state index in [2.05, 4.69) is 18.7 Å². The van der Waals surface area contributed by atoms with E-state index in [4.69, 9.17) is 14.7 Å². The van der Waals surface area contributed by atoms with Crippen molar-refractivity contribution in [2.75, 3.05) is 37.7 Å². The molecule has 1 amide bonds. The molecule has 0 aliphatic rings. The Kier molecular flexibility index (Phi) is 7.96. The van der Waals surface area contributed by atoms with Crippen molar-refractivity contribution in [3.05, 3.63) is 84.4 Å². The van der Waals surface area contributed by atoms with Crippen LogP contribution in [0.15, 0.2) is 78.9 Å². The van der Waals surface area contributed by atoms with E-state index in [1.807, 2.05) is 90.7 Å². The van der Waals surface area contributed by atoms with Crippen LogP contribution >= 0.6 is 11.3 Å². The molecular formula is C31H32N4O2S. The van der Waals surface area contributed by atoms with E-state index in [1.54, 1.807) is 0 Å². The zero-order valence-corrected chi connectivity index (χ0v) is 22.9. The first-order valence-corrected chi connectivity index (χ1v) is 14.0. The second kappa shape index (κ2) is 11.7. The van der Waals surface area contributed by atoms with Gasteiger partial charge in [0.1, 0.15) is 5.75 Å². The summed E-state index contributed by atoms with van der Waals surface area (Å²) in [6.45, 7) is 10.0. The molecule has 5 rings (SSSR count). The molecule has 0 spiro atoms. The molecule has 5 aromatic rings. The third-order valence-corrected chi connectivity index (χ3v) is 7.73. The number of likely N-dealkylation sites (N-methyl/N-ethyl adjacent to an activating group) is 1. The average Bonchev–Trinajstić information content (AvgIpc) is 3.38. The van der Waals surface area contributed by atoms with Gasteiger partial charge in [0.2, 0.25) is 0 Å². The molecular weight excluding hydrogens is 492 g/mol.